The van der Waals surface area contributed by atoms with E-state index in [1.165, 1.54) is 15.9 Å². The van der Waals surface area contributed by atoms with Crippen LogP contribution < -0.4 is 5.56 Å². The van der Waals surface area contributed by atoms with Gasteiger partial charge in [0.25, 0.3) is 5.56 Å². The number of rotatable bonds is 3. The molecule has 0 aliphatic heterocycles. The van der Waals surface area contributed by atoms with E-state index in [2.05, 4.69) is 9.97 Å². The molecule has 0 fully saturated rings. The van der Waals surface area contributed by atoms with Crippen LogP contribution in [0.15, 0.2) is 32.8 Å². The van der Waals surface area contributed by atoms with Crippen molar-refractivity contribution in [1.29, 1.82) is 0 Å². The van der Waals surface area contributed by atoms with Crippen LogP contribution in [0.25, 0.3) is 32.8 Å². The number of alkyl halides is 3. The molecule has 5 nitrogen and oxygen atoms in total. The Morgan fingerprint density at radius 2 is 2.07 bits per heavy atom. The molecule has 0 spiro atoms. The fourth-order valence-electron chi connectivity index (χ4n) is 3.09. The lowest BCUT2D eigenvalue weighted by Crippen LogP contribution is -2.23. The Morgan fingerprint density at radius 3 is 2.70 bits per heavy atom. The number of hydrogen-bond donors (Lipinski definition) is 0. The van der Waals surface area contributed by atoms with Crippen LogP contribution >= 0.6 is 11.3 Å². The van der Waals surface area contributed by atoms with E-state index >= 15 is 0 Å². The molecule has 0 unspecified atom stereocenters. The average Bonchev–Trinajstić information content (AvgIpc) is 3.25. The van der Waals surface area contributed by atoms with Crippen LogP contribution in [0.2, 0.25) is 0 Å². The first-order chi connectivity index (χ1) is 12.8. The second-order valence-corrected chi connectivity index (χ2v) is 7.05. The van der Waals surface area contributed by atoms with Gasteiger partial charge in [0.05, 0.1) is 21.5 Å². The molecule has 0 amide bonds. The van der Waals surface area contributed by atoms with Crippen molar-refractivity contribution in [2.75, 3.05) is 0 Å². The van der Waals surface area contributed by atoms with Gasteiger partial charge in [0, 0.05) is 6.54 Å². The Hall–Kier alpha value is -2.68. The lowest BCUT2D eigenvalue weighted by Gasteiger charge is -2.10. The zero-order valence-electron chi connectivity index (χ0n) is 14.4. The minimum Gasteiger partial charge on any atom is -0.430 e. The van der Waals surface area contributed by atoms with Gasteiger partial charge in [0.15, 0.2) is 0 Å². The van der Waals surface area contributed by atoms with E-state index in [0.29, 0.717) is 23.7 Å². The first kappa shape index (κ1) is 17.7. The molecule has 4 aromatic rings. The number of thiophene rings is 1. The van der Waals surface area contributed by atoms with Gasteiger partial charge >= 0.3 is 6.18 Å². The number of nitrogens with zero attached hydrogens (tertiary/aromatic N) is 3. The minimum atomic E-state index is -4.64. The monoisotopic (exact) mass is 393 g/mol. The van der Waals surface area contributed by atoms with Gasteiger partial charge in [0.2, 0.25) is 11.3 Å². The van der Waals surface area contributed by atoms with Crippen molar-refractivity contribution in [3.63, 3.8) is 0 Å². The third kappa shape index (κ3) is 2.82. The highest BCUT2D eigenvalue weighted by Gasteiger charge is 2.36. The zero-order chi connectivity index (χ0) is 19.3. The summed E-state index contributed by atoms with van der Waals surface area (Å²) in [6, 6.07) is 4.39. The van der Waals surface area contributed by atoms with Gasteiger partial charge in [-0.3, -0.25) is 9.36 Å². The SMILES string of the molecule is CCCn1c(C)nc2c(oc3nc(-c4cccs4)cc(C(F)(F)F)c32)c1=O. The van der Waals surface area contributed by atoms with E-state index in [0.717, 1.165) is 6.07 Å². The summed E-state index contributed by atoms with van der Waals surface area (Å²) in [6.07, 6.45) is -3.96. The summed E-state index contributed by atoms with van der Waals surface area (Å²) in [4.78, 5) is 21.8. The van der Waals surface area contributed by atoms with E-state index in [4.69, 9.17) is 4.42 Å². The van der Waals surface area contributed by atoms with Gasteiger partial charge in [-0.05, 0) is 30.9 Å². The molecule has 27 heavy (non-hydrogen) atoms. The van der Waals surface area contributed by atoms with Crippen molar-refractivity contribution in [2.45, 2.75) is 33.0 Å². The second-order valence-electron chi connectivity index (χ2n) is 6.11. The van der Waals surface area contributed by atoms with Crippen molar-refractivity contribution in [1.82, 2.24) is 14.5 Å². The highest BCUT2D eigenvalue weighted by atomic mass is 32.1. The summed E-state index contributed by atoms with van der Waals surface area (Å²) >= 11 is 1.27. The van der Waals surface area contributed by atoms with Gasteiger partial charge in [-0.15, -0.1) is 11.3 Å². The summed E-state index contributed by atoms with van der Waals surface area (Å²) in [6.45, 7) is 3.89. The van der Waals surface area contributed by atoms with E-state index in [1.807, 2.05) is 6.92 Å². The van der Waals surface area contributed by atoms with Crippen LogP contribution in [-0.4, -0.2) is 14.5 Å². The highest BCUT2D eigenvalue weighted by molar-refractivity contribution is 7.13. The first-order valence-electron chi connectivity index (χ1n) is 8.27. The molecule has 0 N–H and O–H groups in total. The maximum absolute atomic E-state index is 13.8. The molecule has 0 radical (unpaired) electrons. The standard InChI is InChI=1S/C18H14F3N3O2S/c1-3-6-24-9(2)22-14-13-10(18(19,20)21)8-11(12-5-4-7-27-12)23-16(13)26-15(14)17(24)25/h4-5,7-8H,3,6H2,1-2H3. The predicted molar refractivity (Wildman–Crippen MR) is 96.9 cm³/mol. The fourth-order valence-corrected chi connectivity index (χ4v) is 3.77. The van der Waals surface area contributed by atoms with Crippen LogP contribution in [0, 0.1) is 6.92 Å². The molecule has 0 saturated heterocycles. The third-order valence-corrected chi connectivity index (χ3v) is 5.16. The molecule has 0 bridgehead atoms. The number of furan rings is 1. The minimum absolute atomic E-state index is 0.0996. The highest BCUT2D eigenvalue weighted by Crippen LogP contribution is 2.40. The zero-order valence-corrected chi connectivity index (χ0v) is 15.2. The van der Waals surface area contributed by atoms with E-state index in [9.17, 15) is 18.0 Å². The molecule has 4 aromatic heterocycles. The Bertz CT molecular complexity index is 1210. The molecule has 0 aliphatic rings. The van der Waals surface area contributed by atoms with E-state index < -0.39 is 17.3 Å². The maximum atomic E-state index is 13.8. The Kier molecular flexibility index (Phi) is 4.06. The fraction of sp³-hybridized carbons (Fsp3) is 0.278. The number of aryl methyl sites for hydroxylation is 1. The smallest absolute Gasteiger partial charge is 0.417 e. The molecule has 0 saturated carbocycles. The number of halogens is 3. The Morgan fingerprint density at radius 1 is 1.30 bits per heavy atom. The van der Waals surface area contributed by atoms with Gasteiger partial charge in [0.1, 0.15) is 11.3 Å². The molecule has 9 heteroatoms. The topological polar surface area (TPSA) is 60.9 Å². The molecule has 4 rings (SSSR count). The van der Waals surface area contributed by atoms with Gasteiger partial charge in [-0.2, -0.15) is 13.2 Å². The summed E-state index contributed by atoms with van der Waals surface area (Å²) in [5.41, 5.74) is -1.80. The molecule has 140 valence electrons. The van der Waals surface area contributed by atoms with Crippen molar-refractivity contribution < 1.29 is 17.6 Å². The average molecular weight is 393 g/mol. The second kappa shape index (κ2) is 6.19. The van der Waals surface area contributed by atoms with Gasteiger partial charge in [-0.1, -0.05) is 13.0 Å². The van der Waals surface area contributed by atoms with Crippen molar-refractivity contribution in [3.05, 3.63) is 45.3 Å². The molecule has 0 aliphatic carbocycles. The van der Waals surface area contributed by atoms with Crippen LogP contribution in [-0.2, 0) is 12.7 Å². The van der Waals surface area contributed by atoms with Crippen LogP contribution in [0.3, 0.4) is 0 Å². The third-order valence-electron chi connectivity index (χ3n) is 4.27. The normalized spacial score (nSPS) is 12.3. The maximum Gasteiger partial charge on any atom is 0.417 e. The summed E-state index contributed by atoms with van der Waals surface area (Å²) in [5, 5.41) is 1.48. The molecule has 4 heterocycles. The lowest BCUT2D eigenvalue weighted by atomic mass is 10.1. The molecule has 0 atom stereocenters. The van der Waals surface area contributed by atoms with E-state index in [-0.39, 0.29) is 27.9 Å². The molecular weight excluding hydrogens is 379 g/mol. The number of hydrogen-bond acceptors (Lipinski definition) is 5. The molecule has 0 aromatic carbocycles. The largest absolute Gasteiger partial charge is 0.430 e. The van der Waals surface area contributed by atoms with Crippen molar-refractivity contribution in [2.24, 2.45) is 0 Å². The Balaban J connectivity index is 2.14. The summed E-state index contributed by atoms with van der Waals surface area (Å²) in [7, 11) is 0. The van der Waals surface area contributed by atoms with Crippen molar-refractivity contribution >= 4 is 33.5 Å². The molecular formula is C18H14F3N3O2S. The Labute approximate surface area is 155 Å². The van der Waals surface area contributed by atoms with Gasteiger partial charge < -0.3 is 4.42 Å². The first-order valence-corrected chi connectivity index (χ1v) is 9.15. The number of fused-ring (bicyclic) bond motifs is 3. The van der Waals surface area contributed by atoms with Crippen LogP contribution in [0.4, 0.5) is 13.2 Å². The summed E-state index contributed by atoms with van der Waals surface area (Å²) in [5.74, 6) is 0.340. The quantitative estimate of drug-likeness (QED) is 0.491. The number of aromatic nitrogens is 3. The van der Waals surface area contributed by atoms with Gasteiger partial charge in [-0.25, -0.2) is 9.97 Å². The summed E-state index contributed by atoms with van der Waals surface area (Å²) < 4.78 is 48.2. The van der Waals surface area contributed by atoms with Crippen molar-refractivity contribution in [3.8, 4) is 10.6 Å². The number of pyridine rings is 1. The van der Waals surface area contributed by atoms with E-state index in [1.54, 1.807) is 24.4 Å². The predicted octanol–water partition coefficient (Wildman–Crippen LogP) is 5.00. The van der Waals surface area contributed by atoms with Crippen LogP contribution in [0.1, 0.15) is 24.7 Å². The van der Waals surface area contributed by atoms with Crippen LogP contribution in [0.5, 0.6) is 0 Å². The lowest BCUT2D eigenvalue weighted by molar-refractivity contribution is -0.136.